The third-order valence-corrected chi connectivity index (χ3v) is 3.32. The fourth-order valence-corrected chi connectivity index (χ4v) is 2.06. The van der Waals surface area contributed by atoms with Gasteiger partial charge < -0.3 is 14.5 Å². The number of imidazole rings is 1. The second-order valence-corrected chi connectivity index (χ2v) is 5.21. The molecule has 6 heteroatoms. The molecule has 0 aliphatic heterocycles. The van der Waals surface area contributed by atoms with Crippen molar-refractivity contribution in [2.24, 2.45) is 0 Å². The monoisotopic (exact) mass is 310 g/mol. The molecule has 1 aliphatic carbocycles. The molecule has 0 atom stereocenters. The summed E-state index contributed by atoms with van der Waals surface area (Å²) in [5.74, 6) is 1.26. The van der Waals surface area contributed by atoms with E-state index in [9.17, 15) is 4.79 Å². The van der Waals surface area contributed by atoms with Gasteiger partial charge in [-0.05, 0) is 18.2 Å². The summed E-state index contributed by atoms with van der Waals surface area (Å²) >= 11 is 0. The van der Waals surface area contributed by atoms with Gasteiger partial charge in [-0.25, -0.2) is 4.98 Å². The van der Waals surface area contributed by atoms with Crippen LogP contribution in [0.4, 0.5) is 5.82 Å². The first-order valence-electron chi connectivity index (χ1n) is 7.49. The summed E-state index contributed by atoms with van der Waals surface area (Å²) in [7, 11) is 1.63. The summed E-state index contributed by atoms with van der Waals surface area (Å²) < 4.78 is 7.17. The van der Waals surface area contributed by atoms with Crippen LogP contribution in [0.2, 0.25) is 0 Å². The molecule has 3 aromatic rings. The molecule has 3 heterocycles. The summed E-state index contributed by atoms with van der Waals surface area (Å²) in [5.41, 5.74) is 2.61. The number of hydrogen-bond acceptors (Lipinski definition) is 4. The molecular weight excluding hydrogens is 292 g/mol. The molecule has 1 saturated carbocycles. The molecule has 0 saturated heterocycles. The van der Waals surface area contributed by atoms with Crippen LogP contribution in [0.25, 0.3) is 16.8 Å². The molecule has 1 N–H and O–H groups in total. The average molecular weight is 310 g/mol. The molecular formula is C17H18N4O2. The highest BCUT2D eigenvalue weighted by molar-refractivity contribution is 5.72. The second-order valence-electron chi connectivity index (χ2n) is 5.21. The van der Waals surface area contributed by atoms with E-state index >= 15 is 0 Å². The number of fused-ring (bicyclic) bond motifs is 1. The fourth-order valence-electron chi connectivity index (χ4n) is 2.06. The Morgan fingerprint density at radius 2 is 2.04 bits per heavy atom. The van der Waals surface area contributed by atoms with E-state index in [2.05, 4.69) is 15.3 Å². The van der Waals surface area contributed by atoms with Gasteiger partial charge in [-0.1, -0.05) is 19.3 Å². The number of anilines is 1. The number of aromatic nitrogens is 3. The highest BCUT2D eigenvalue weighted by Gasteiger charge is 2.07. The largest absolute Gasteiger partial charge is 0.496 e. The topological polar surface area (TPSA) is 68.5 Å². The van der Waals surface area contributed by atoms with E-state index in [-0.39, 0.29) is 0 Å². The number of methoxy groups -OCH3 is 1. The van der Waals surface area contributed by atoms with Crippen LogP contribution < -0.4 is 10.1 Å². The van der Waals surface area contributed by atoms with Gasteiger partial charge in [-0.15, -0.1) is 0 Å². The lowest BCUT2D eigenvalue weighted by Crippen LogP contribution is -1.92. The Labute approximate surface area is 134 Å². The van der Waals surface area contributed by atoms with Crippen molar-refractivity contribution in [2.45, 2.75) is 19.3 Å². The smallest absolute Gasteiger partial charge is 0.212 e. The number of carbonyl (C=O) groups excluding carboxylic acids is 1. The molecule has 0 bridgehead atoms. The Morgan fingerprint density at radius 1 is 1.22 bits per heavy atom. The minimum Gasteiger partial charge on any atom is -0.496 e. The zero-order chi connectivity index (χ0) is 16.1. The van der Waals surface area contributed by atoms with Crippen LogP contribution in [0, 0.1) is 0 Å². The van der Waals surface area contributed by atoms with Crippen molar-refractivity contribution in [2.75, 3.05) is 12.4 Å². The maximum absolute atomic E-state index is 10.4. The highest BCUT2D eigenvalue weighted by Crippen LogP contribution is 2.28. The van der Waals surface area contributed by atoms with Crippen molar-refractivity contribution in [3.05, 3.63) is 43.0 Å². The number of carbonyl (C=O) groups is 1. The SMILES string of the molecule is C1CC1.COc1ccncc1-c1ccc2nc(NC=O)cn2c1. The standard InChI is InChI=1S/C14H12N4O2.C3H6/c1-20-12-4-5-15-6-11(12)10-2-3-14-17-13(16-9-19)8-18(14)7-10;1-2-3-1/h2-9H,1H3,(H,16,19);1-3H2. The number of amides is 1. The van der Waals surface area contributed by atoms with E-state index in [1.807, 2.05) is 28.8 Å². The van der Waals surface area contributed by atoms with Crippen LogP contribution in [-0.2, 0) is 4.79 Å². The van der Waals surface area contributed by atoms with Crippen molar-refractivity contribution in [3.63, 3.8) is 0 Å². The minimum atomic E-state index is 0.510. The molecule has 4 rings (SSSR count). The Balaban J connectivity index is 0.000000468. The summed E-state index contributed by atoms with van der Waals surface area (Å²) in [6.07, 6.45) is 12.2. The van der Waals surface area contributed by atoms with Gasteiger partial charge in [0.1, 0.15) is 11.4 Å². The first-order chi connectivity index (χ1) is 11.3. The molecule has 3 aromatic heterocycles. The normalized spacial score (nSPS) is 12.2. The van der Waals surface area contributed by atoms with Crippen molar-refractivity contribution in [1.29, 1.82) is 0 Å². The van der Waals surface area contributed by atoms with E-state index < -0.39 is 0 Å². The highest BCUT2D eigenvalue weighted by atomic mass is 16.5. The fraction of sp³-hybridized carbons (Fsp3) is 0.235. The van der Waals surface area contributed by atoms with Gasteiger partial charge in [-0.3, -0.25) is 9.78 Å². The van der Waals surface area contributed by atoms with Gasteiger partial charge in [0.2, 0.25) is 6.41 Å². The average Bonchev–Trinajstić information content (AvgIpc) is 3.41. The summed E-state index contributed by atoms with van der Waals surface area (Å²) in [6.45, 7) is 0. The first kappa shape index (κ1) is 15.0. The van der Waals surface area contributed by atoms with Crippen LogP contribution >= 0.6 is 0 Å². The predicted molar refractivity (Wildman–Crippen MR) is 88.5 cm³/mol. The quantitative estimate of drug-likeness (QED) is 0.752. The van der Waals surface area contributed by atoms with E-state index in [4.69, 9.17) is 4.74 Å². The predicted octanol–water partition coefficient (Wildman–Crippen LogP) is 3.14. The van der Waals surface area contributed by atoms with Crippen molar-refractivity contribution < 1.29 is 9.53 Å². The molecule has 23 heavy (non-hydrogen) atoms. The first-order valence-corrected chi connectivity index (χ1v) is 7.49. The van der Waals surface area contributed by atoms with Crippen molar-refractivity contribution in [3.8, 4) is 16.9 Å². The zero-order valence-electron chi connectivity index (χ0n) is 12.9. The maximum atomic E-state index is 10.4. The maximum Gasteiger partial charge on any atom is 0.212 e. The molecule has 1 fully saturated rings. The number of nitrogens with one attached hydrogen (secondary N) is 1. The second kappa shape index (κ2) is 6.91. The molecule has 0 aromatic carbocycles. The Bertz CT molecular complexity index is 808. The van der Waals surface area contributed by atoms with Crippen LogP contribution in [0.3, 0.4) is 0 Å². The van der Waals surface area contributed by atoms with Gasteiger partial charge in [0.25, 0.3) is 0 Å². The summed E-state index contributed by atoms with van der Waals surface area (Å²) in [4.78, 5) is 18.8. The lowest BCUT2D eigenvalue weighted by molar-refractivity contribution is -0.105. The van der Waals surface area contributed by atoms with Crippen LogP contribution in [0.1, 0.15) is 19.3 Å². The van der Waals surface area contributed by atoms with Crippen LogP contribution in [0.15, 0.2) is 43.0 Å². The third kappa shape index (κ3) is 3.66. The molecule has 0 spiro atoms. The van der Waals surface area contributed by atoms with Crippen LogP contribution in [-0.4, -0.2) is 27.9 Å². The third-order valence-electron chi connectivity index (χ3n) is 3.32. The van der Waals surface area contributed by atoms with E-state index in [0.717, 1.165) is 22.5 Å². The van der Waals surface area contributed by atoms with Gasteiger partial charge >= 0.3 is 0 Å². The zero-order valence-corrected chi connectivity index (χ0v) is 12.9. The molecule has 118 valence electrons. The molecule has 1 amide bonds. The molecule has 0 unspecified atom stereocenters. The molecule has 0 radical (unpaired) electrons. The number of nitrogens with zero attached hydrogens (tertiary/aromatic N) is 3. The van der Waals surface area contributed by atoms with E-state index in [0.29, 0.717) is 12.2 Å². The van der Waals surface area contributed by atoms with E-state index in [1.54, 1.807) is 25.7 Å². The Hall–Kier alpha value is -2.89. The lowest BCUT2D eigenvalue weighted by atomic mass is 10.1. The Morgan fingerprint density at radius 3 is 2.74 bits per heavy atom. The molecule has 6 nitrogen and oxygen atoms in total. The summed E-state index contributed by atoms with van der Waals surface area (Å²) in [6, 6.07) is 5.62. The van der Waals surface area contributed by atoms with Gasteiger partial charge in [0.05, 0.1) is 13.3 Å². The van der Waals surface area contributed by atoms with Gasteiger partial charge in [-0.2, -0.15) is 0 Å². The van der Waals surface area contributed by atoms with Crippen molar-refractivity contribution in [1.82, 2.24) is 14.4 Å². The number of rotatable bonds is 4. The number of pyridine rings is 2. The summed E-state index contributed by atoms with van der Waals surface area (Å²) in [5, 5.41) is 2.53. The van der Waals surface area contributed by atoms with E-state index in [1.165, 1.54) is 19.3 Å². The lowest BCUT2D eigenvalue weighted by Gasteiger charge is -2.07. The Kier molecular flexibility index (Phi) is 4.52. The molecule has 1 aliphatic rings. The van der Waals surface area contributed by atoms with Crippen LogP contribution in [0.5, 0.6) is 5.75 Å². The number of hydrogen-bond donors (Lipinski definition) is 1. The van der Waals surface area contributed by atoms with Crippen molar-refractivity contribution >= 4 is 17.9 Å². The number of ether oxygens (including phenoxy) is 1. The van der Waals surface area contributed by atoms with Gasteiger partial charge in [0.15, 0.2) is 5.82 Å². The minimum absolute atomic E-state index is 0.510. The van der Waals surface area contributed by atoms with Gasteiger partial charge in [0, 0.05) is 29.7 Å².